The Morgan fingerprint density at radius 1 is 1.04 bits per heavy atom. The number of rotatable bonds is 7. The number of aromatic nitrogens is 1. The Morgan fingerprint density at radius 3 is 2.68 bits per heavy atom. The molecule has 0 aliphatic carbocycles. The van der Waals surface area contributed by atoms with Gasteiger partial charge in [0.1, 0.15) is 5.75 Å². The lowest BCUT2D eigenvalue weighted by atomic mass is 10.1. The number of pyridine rings is 1. The van der Waals surface area contributed by atoms with Crippen LogP contribution < -0.4 is 15.4 Å². The number of amides is 2. The van der Waals surface area contributed by atoms with Gasteiger partial charge in [-0.3, -0.25) is 14.6 Å². The summed E-state index contributed by atoms with van der Waals surface area (Å²) in [6, 6.07) is 18.2. The molecule has 0 aliphatic rings. The van der Waals surface area contributed by atoms with Crippen LogP contribution in [0, 0.1) is 0 Å². The molecule has 0 bridgehead atoms. The van der Waals surface area contributed by atoms with Crippen LogP contribution in [-0.4, -0.2) is 23.9 Å². The van der Waals surface area contributed by atoms with Gasteiger partial charge in [-0.15, -0.1) is 0 Å². The second-order valence-corrected chi connectivity index (χ2v) is 6.16. The third kappa shape index (κ3) is 5.17. The van der Waals surface area contributed by atoms with Gasteiger partial charge in [-0.1, -0.05) is 30.3 Å². The first kappa shape index (κ1) is 19.1. The predicted molar refractivity (Wildman–Crippen MR) is 107 cm³/mol. The van der Waals surface area contributed by atoms with Crippen molar-refractivity contribution in [3.05, 3.63) is 89.7 Å². The summed E-state index contributed by atoms with van der Waals surface area (Å²) in [5.41, 5.74) is 2.84. The van der Waals surface area contributed by atoms with Crippen LogP contribution in [0.25, 0.3) is 0 Å². The van der Waals surface area contributed by atoms with Gasteiger partial charge in [0.05, 0.1) is 19.1 Å². The molecule has 0 aliphatic heterocycles. The van der Waals surface area contributed by atoms with Crippen molar-refractivity contribution in [2.45, 2.75) is 13.0 Å². The highest BCUT2D eigenvalue weighted by atomic mass is 16.5. The minimum atomic E-state index is -0.217. The second-order valence-electron chi connectivity index (χ2n) is 6.16. The van der Waals surface area contributed by atoms with Gasteiger partial charge >= 0.3 is 0 Å². The maximum absolute atomic E-state index is 12.4. The summed E-state index contributed by atoms with van der Waals surface area (Å²) in [7, 11) is 1.59. The van der Waals surface area contributed by atoms with Crippen molar-refractivity contribution in [1.29, 1.82) is 0 Å². The molecule has 0 fully saturated rings. The lowest BCUT2D eigenvalue weighted by Gasteiger charge is -2.12. The van der Waals surface area contributed by atoms with E-state index in [4.69, 9.17) is 4.74 Å². The van der Waals surface area contributed by atoms with E-state index in [0.717, 1.165) is 11.1 Å². The van der Waals surface area contributed by atoms with Crippen LogP contribution in [0.3, 0.4) is 0 Å². The molecule has 2 amide bonds. The molecule has 6 heteroatoms. The molecule has 2 aromatic carbocycles. The van der Waals surface area contributed by atoms with E-state index in [2.05, 4.69) is 15.6 Å². The van der Waals surface area contributed by atoms with Crippen LogP contribution in [0.1, 0.15) is 21.5 Å². The zero-order valence-corrected chi connectivity index (χ0v) is 15.5. The molecule has 1 aromatic heterocycles. The van der Waals surface area contributed by atoms with Crippen molar-refractivity contribution >= 4 is 17.5 Å². The first-order valence-electron chi connectivity index (χ1n) is 8.84. The highest BCUT2D eigenvalue weighted by molar-refractivity contribution is 5.94. The molecule has 0 radical (unpaired) electrons. The highest BCUT2D eigenvalue weighted by Gasteiger charge is 2.10. The Morgan fingerprint density at radius 2 is 1.89 bits per heavy atom. The predicted octanol–water partition coefficient (Wildman–Crippen LogP) is 3.20. The van der Waals surface area contributed by atoms with Crippen LogP contribution in [0.15, 0.2) is 73.1 Å². The molecule has 1 heterocycles. The van der Waals surface area contributed by atoms with E-state index >= 15 is 0 Å². The van der Waals surface area contributed by atoms with Crippen molar-refractivity contribution in [3.63, 3.8) is 0 Å². The van der Waals surface area contributed by atoms with E-state index in [9.17, 15) is 9.59 Å². The Bertz CT molecular complexity index is 958. The Hall–Kier alpha value is -3.67. The number of nitrogens with zero attached hydrogens (tertiary/aromatic N) is 1. The maximum atomic E-state index is 12.4. The fraction of sp³-hybridized carbons (Fsp3) is 0.136. The summed E-state index contributed by atoms with van der Waals surface area (Å²) in [4.78, 5) is 28.6. The normalized spacial score (nSPS) is 10.2. The van der Waals surface area contributed by atoms with Crippen LogP contribution in [0.2, 0.25) is 0 Å². The molecule has 3 aromatic rings. The first-order valence-corrected chi connectivity index (χ1v) is 8.84. The highest BCUT2D eigenvalue weighted by Crippen LogP contribution is 2.17. The smallest absolute Gasteiger partial charge is 0.253 e. The number of carbonyl (C=O) groups is 2. The number of anilines is 1. The average molecular weight is 375 g/mol. The molecule has 142 valence electrons. The summed E-state index contributed by atoms with van der Waals surface area (Å²) in [6.45, 7) is 0.295. The summed E-state index contributed by atoms with van der Waals surface area (Å²) in [6.07, 6.45) is 3.36. The monoisotopic (exact) mass is 375 g/mol. The third-order valence-electron chi connectivity index (χ3n) is 4.15. The van der Waals surface area contributed by atoms with Crippen LogP contribution >= 0.6 is 0 Å². The Labute approximate surface area is 163 Å². The van der Waals surface area contributed by atoms with E-state index in [1.165, 1.54) is 6.20 Å². The molecule has 0 atom stereocenters. The first-order chi connectivity index (χ1) is 13.7. The van der Waals surface area contributed by atoms with Crippen LogP contribution in [0.5, 0.6) is 5.75 Å². The molecular weight excluding hydrogens is 354 g/mol. The third-order valence-corrected chi connectivity index (χ3v) is 4.15. The SMILES string of the molecule is COc1cccc(CC(=O)Nc2ccccc2CNC(=O)c2cccnc2)c1. The largest absolute Gasteiger partial charge is 0.497 e. The zero-order chi connectivity index (χ0) is 19.8. The van der Waals surface area contributed by atoms with Gasteiger partial charge < -0.3 is 15.4 Å². The average Bonchev–Trinajstić information content (AvgIpc) is 2.73. The van der Waals surface area contributed by atoms with Gasteiger partial charge in [0.15, 0.2) is 0 Å². The number of ether oxygens (including phenoxy) is 1. The number of hydrogen-bond donors (Lipinski definition) is 2. The van der Waals surface area contributed by atoms with E-state index in [1.807, 2.05) is 48.5 Å². The van der Waals surface area contributed by atoms with E-state index in [1.54, 1.807) is 25.4 Å². The molecule has 6 nitrogen and oxygen atoms in total. The number of benzene rings is 2. The molecule has 0 saturated carbocycles. The van der Waals surface area contributed by atoms with E-state index in [0.29, 0.717) is 23.5 Å². The van der Waals surface area contributed by atoms with Crippen LogP contribution in [0.4, 0.5) is 5.69 Å². The fourth-order valence-corrected chi connectivity index (χ4v) is 2.73. The number of carbonyl (C=O) groups excluding carboxylic acids is 2. The molecule has 0 spiro atoms. The molecule has 3 rings (SSSR count). The summed E-state index contributed by atoms with van der Waals surface area (Å²) >= 11 is 0. The van der Waals surface area contributed by atoms with Crippen molar-refractivity contribution in [2.75, 3.05) is 12.4 Å². The van der Waals surface area contributed by atoms with Gasteiger partial charge in [-0.05, 0) is 41.5 Å². The number of methoxy groups -OCH3 is 1. The van der Waals surface area contributed by atoms with Gasteiger partial charge in [-0.25, -0.2) is 0 Å². The minimum Gasteiger partial charge on any atom is -0.497 e. The van der Waals surface area contributed by atoms with Gasteiger partial charge in [0.2, 0.25) is 5.91 Å². The fourth-order valence-electron chi connectivity index (χ4n) is 2.73. The van der Waals surface area contributed by atoms with E-state index in [-0.39, 0.29) is 18.2 Å². The van der Waals surface area contributed by atoms with Crippen molar-refractivity contribution in [3.8, 4) is 5.75 Å². The number of nitrogens with one attached hydrogen (secondary N) is 2. The topological polar surface area (TPSA) is 80.3 Å². The Kier molecular flexibility index (Phi) is 6.36. The summed E-state index contributed by atoms with van der Waals surface area (Å²) in [5.74, 6) is 0.355. The maximum Gasteiger partial charge on any atom is 0.253 e. The summed E-state index contributed by atoms with van der Waals surface area (Å²) < 4.78 is 5.19. The standard InChI is InChI=1S/C22H21N3O3/c1-28-19-9-4-6-16(12-19)13-21(26)25-20-10-3-2-7-17(20)15-24-22(27)18-8-5-11-23-14-18/h2-12,14H,13,15H2,1H3,(H,24,27)(H,25,26). The van der Waals surface area contributed by atoms with Gasteiger partial charge in [0, 0.05) is 24.6 Å². The molecule has 0 unspecified atom stereocenters. The zero-order valence-electron chi connectivity index (χ0n) is 15.5. The quantitative estimate of drug-likeness (QED) is 0.665. The molecular formula is C22H21N3O3. The van der Waals surface area contributed by atoms with Crippen molar-refractivity contribution < 1.29 is 14.3 Å². The Balaban J connectivity index is 1.63. The lowest BCUT2D eigenvalue weighted by molar-refractivity contribution is -0.115. The van der Waals surface area contributed by atoms with E-state index < -0.39 is 0 Å². The van der Waals surface area contributed by atoms with Crippen LogP contribution in [-0.2, 0) is 17.8 Å². The van der Waals surface area contributed by atoms with Gasteiger partial charge in [-0.2, -0.15) is 0 Å². The number of para-hydroxylation sites is 1. The lowest BCUT2D eigenvalue weighted by Crippen LogP contribution is -2.24. The number of hydrogen-bond acceptors (Lipinski definition) is 4. The second kappa shape index (κ2) is 9.32. The molecule has 2 N–H and O–H groups in total. The molecule has 0 saturated heterocycles. The van der Waals surface area contributed by atoms with Crippen molar-refractivity contribution in [2.24, 2.45) is 0 Å². The molecule has 28 heavy (non-hydrogen) atoms. The van der Waals surface area contributed by atoms with Crippen molar-refractivity contribution in [1.82, 2.24) is 10.3 Å². The summed E-state index contributed by atoms with van der Waals surface area (Å²) in [5, 5.41) is 5.76. The van der Waals surface area contributed by atoms with Gasteiger partial charge in [0.25, 0.3) is 5.91 Å². The minimum absolute atomic E-state index is 0.140.